The molecule has 8 heteroatoms. The Morgan fingerprint density at radius 2 is 1.44 bits per heavy atom. The number of hydrogen-bond donors (Lipinski definition) is 2. The number of carboxylic acid groups (broad SMARTS) is 1. The maximum atomic E-state index is 10.9. The number of aliphatic hydroxyl groups is 1. The van der Waals surface area contributed by atoms with Gasteiger partial charge in [-0.25, -0.2) is 4.79 Å². The molecule has 0 bridgehead atoms. The van der Waals surface area contributed by atoms with Crippen molar-refractivity contribution in [3.8, 4) is 0 Å². The lowest BCUT2D eigenvalue weighted by atomic mass is 10.1. The van der Waals surface area contributed by atoms with Gasteiger partial charge in [-0.1, -0.05) is 41.5 Å². The highest BCUT2D eigenvalue weighted by Crippen LogP contribution is 2.38. The van der Waals surface area contributed by atoms with Crippen LogP contribution in [0.5, 0.6) is 0 Å². The summed E-state index contributed by atoms with van der Waals surface area (Å²) in [4.78, 5) is 13.3. The van der Waals surface area contributed by atoms with E-state index in [9.17, 15) is 9.90 Å². The zero-order chi connectivity index (χ0) is 25.5. The monoisotopic (exact) mass is 491 g/mol. The van der Waals surface area contributed by atoms with Crippen molar-refractivity contribution in [1.82, 2.24) is 4.90 Å². The molecule has 32 heavy (non-hydrogen) atoms. The van der Waals surface area contributed by atoms with Crippen LogP contribution in [0, 0.1) is 0 Å². The van der Waals surface area contributed by atoms with Crippen LogP contribution in [0.25, 0.3) is 0 Å². The Labute approximate surface area is 200 Å². The number of hydrogen-bond acceptors (Lipinski definition) is 5. The quantitative estimate of drug-likeness (QED) is 0.239. The van der Waals surface area contributed by atoms with E-state index in [4.69, 9.17) is 14.0 Å². The molecule has 0 radical (unpaired) electrons. The first-order valence-corrected chi connectivity index (χ1v) is 18.0. The van der Waals surface area contributed by atoms with Crippen molar-refractivity contribution in [2.45, 2.75) is 129 Å². The van der Waals surface area contributed by atoms with E-state index in [0.29, 0.717) is 13.0 Å². The Balaban J connectivity index is 5.15. The fraction of sp³-hybridized carbons (Fsp3) is 0.958. The van der Waals surface area contributed by atoms with Crippen LogP contribution in [0.4, 0.5) is 0 Å². The van der Waals surface area contributed by atoms with Crippen molar-refractivity contribution in [3.63, 3.8) is 0 Å². The number of unbranched alkanes of at least 4 members (excludes halogenated alkanes) is 1. The average Bonchev–Trinajstić information content (AvgIpc) is 2.59. The summed E-state index contributed by atoms with van der Waals surface area (Å²) < 4.78 is 13.1. The lowest BCUT2D eigenvalue weighted by Gasteiger charge is -2.41. The summed E-state index contributed by atoms with van der Waals surface area (Å²) >= 11 is 0. The first-order valence-electron chi connectivity index (χ1n) is 12.2. The third-order valence-electron chi connectivity index (χ3n) is 7.37. The second-order valence-corrected chi connectivity index (χ2v) is 22.0. The molecule has 0 aromatic heterocycles. The van der Waals surface area contributed by atoms with Crippen LogP contribution in [0.1, 0.15) is 74.7 Å². The van der Waals surface area contributed by atoms with Crippen LogP contribution < -0.4 is 0 Å². The molecule has 0 aliphatic rings. The molecule has 0 aliphatic heterocycles. The summed E-state index contributed by atoms with van der Waals surface area (Å²) in [6.45, 7) is 29.3. The summed E-state index contributed by atoms with van der Waals surface area (Å²) in [5, 5.41) is 18.8. The number of nitrogens with zero attached hydrogens (tertiary/aromatic N) is 1. The molecule has 2 N–H and O–H groups in total. The minimum Gasteiger partial charge on any atom is -0.479 e. The zero-order valence-electron chi connectivity index (χ0n) is 23.0. The Morgan fingerprint density at radius 1 is 0.938 bits per heavy atom. The molecular weight excluding hydrogens is 438 g/mol. The van der Waals surface area contributed by atoms with Gasteiger partial charge in [-0.3, -0.25) is 4.90 Å². The second kappa shape index (κ2) is 12.4. The number of rotatable bonds is 14. The summed E-state index contributed by atoms with van der Waals surface area (Å²) in [6.07, 6.45) is 0.631. The lowest BCUT2D eigenvalue weighted by Crippen LogP contribution is -2.49. The molecule has 0 fully saturated rings. The van der Waals surface area contributed by atoms with Gasteiger partial charge < -0.3 is 19.1 Å². The van der Waals surface area contributed by atoms with E-state index in [1.807, 2.05) is 0 Å². The molecule has 3 atom stereocenters. The Kier molecular flexibility index (Phi) is 12.3. The normalized spacial score (nSPS) is 16.8. The standard InChI is InChI=1S/C24H53NO5Si2/c1-19(18-29-31(9,10)23(3,4)5)25(16-14-13-15-21(26)22(27)28)17-20(2)30-32(11,12)24(6,7)8/h19-21,26H,13-18H2,1-12H3,(H,27,28). The van der Waals surface area contributed by atoms with Crippen LogP contribution in [0.3, 0.4) is 0 Å². The number of aliphatic hydroxyl groups excluding tert-OH is 1. The van der Waals surface area contributed by atoms with E-state index in [1.165, 1.54) is 0 Å². The van der Waals surface area contributed by atoms with Gasteiger partial charge in [-0.15, -0.1) is 0 Å². The third kappa shape index (κ3) is 10.8. The fourth-order valence-corrected chi connectivity index (χ4v) is 5.49. The van der Waals surface area contributed by atoms with Crippen molar-refractivity contribution in [3.05, 3.63) is 0 Å². The third-order valence-corrected chi connectivity index (χ3v) is 16.5. The van der Waals surface area contributed by atoms with Gasteiger partial charge in [-0.05, 0) is 75.9 Å². The average molecular weight is 492 g/mol. The van der Waals surface area contributed by atoms with Crippen LogP contribution in [0.2, 0.25) is 36.3 Å². The second-order valence-electron chi connectivity index (χ2n) is 12.5. The zero-order valence-corrected chi connectivity index (χ0v) is 25.0. The molecule has 0 saturated carbocycles. The Hall–Kier alpha value is -0.256. The van der Waals surface area contributed by atoms with Gasteiger partial charge in [0.25, 0.3) is 0 Å². The molecule has 0 aromatic rings. The molecule has 192 valence electrons. The summed E-state index contributed by atoms with van der Waals surface area (Å²) in [6, 6.07) is 0.235. The van der Waals surface area contributed by atoms with E-state index in [0.717, 1.165) is 19.5 Å². The molecule has 6 nitrogen and oxygen atoms in total. The molecule has 0 rings (SSSR count). The van der Waals surface area contributed by atoms with Crippen molar-refractivity contribution in [1.29, 1.82) is 0 Å². The molecule has 0 heterocycles. The van der Waals surface area contributed by atoms with Crippen LogP contribution in [-0.2, 0) is 13.6 Å². The minimum atomic E-state index is -1.86. The van der Waals surface area contributed by atoms with Crippen molar-refractivity contribution >= 4 is 22.6 Å². The first-order chi connectivity index (χ1) is 14.2. The van der Waals surface area contributed by atoms with Gasteiger partial charge in [0.2, 0.25) is 0 Å². The van der Waals surface area contributed by atoms with Crippen molar-refractivity contribution in [2.24, 2.45) is 0 Å². The fourth-order valence-electron chi connectivity index (χ4n) is 2.97. The Bertz CT molecular complexity index is 570. The van der Waals surface area contributed by atoms with Gasteiger partial charge in [0.1, 0.15) is 0 Å². The number of aliphatic carboxylic acids is 1. The van der Waals surface area contributed by atoms with E-state index in [-0.39, 0.29) is 28.6 Å². The van der Waals surface area contributed by atoms with E-state index in [2.05, 4.69) is 86.5 Å². The molecule has 3 unspecified atom stereocenters. The summed E-state index contributed by atoms with van der Waals surface area (Å²) in [5.74, 6) is -1.14. The SMILES string of the molecule is CC(CN(CCCCC(O)C(=O)O)C(C)CO[Si](C)(C)C(C)(C)C)O[Si](C)(C)C(C)(C)C. The van der Waals surface area contributed by atoms with Gasteiger partial charge in [0.15, 0.2) is 22.7 Å². The molecule has 0 aliphatic carbocycles. The predicted octanol–water partition coefficient (Wildman–Crippen LogP) is 5.72. The van der Waals surface area contributed by atoms with Gasteiger partial charge in [0, 0.05) is 19.2 Å². The molecule has 0 aromatic carbocycles. The maximum absolute atomic E-state index is 10.9. The van der Waals surface area contributed by atoms with Crippen LogP contribution in [-0.4, -0.2) is 75.7 Å². The van der Waals surface area contributed by atoms with Crippen LogP contribution >= 0.6 is 0 Å². The highest BCUT2D eigenvalue weighted by molar-refractivity contribution is 6.74. The number of carbonyl (C=O) groups is 1. The molecule has 0 amide bonds. The molecular formula is C24H53NO5Si2. The highest BCUT2D eigenvalue weighted by atomic mass is 28.4. The van der Waals surface area contributed by atoms with Crippen molar-refractivity contribution < 1.29 is 23.9 Å². The maximum Gasteiger partial charge on any atom is 0.332 e. The van der Waals surface area contributed by atoms with Gasteiger partial charge in [-0.2, -0.15) is 0 Å². The van der Waals surface area contributed by atoms with E-state index < -0.39 is 28.7 Å². The summed E-state index contributed by atoms with van der Waals surface area (Å²) in [5.41, 5.74) is 0. The largest absolute Gasteiger partial charge is 0.479 e. The van der Waals surface area contributed by atoms with Crippen LogP contribution in [0.15, 0.2) is 0 Å². The minimum absolute atomic E-state index is 0.107. The predicted molar refractivity (Wildman–Crippen MR) is 139 cm³/mol. The molecule has 0 saturated heterocycles. The molecule has 0 spiro atoms. The first kappa shape index (κ1) is 31.7. The Morgan fingerprint density at radius 3 is 1.88 bits per heavy atom. The van der Waals surface area contributed by atoms with E-state index >= 15 is 0 Å². The topological polar surface area (TPSA) is 79.2 Å². The highest BCUT2D eigenvalue weighted by Gasteiger charge is 2.39. The smallest absolute Gasteiger partial charge is 0.332 e. The van der Waals surface area contributed by atoms with Crippen molar-refractivity contribution in [2.75, 3.05) is 19.7 Å². The summed E-state index contributed by atoms with van der Waals surface area (Å²) in [7, 11) is -3.69. The van der Waals surface area contributed by atoms with Gasteiger partial charge >= 0.3 is 5.97 Å². The number of carboxylic acids is 1. The van der Waals surface area contributed by atoms with Gasteiger partial charge in [0.05, 0.1) is 6.10 Å². The lowest BCUT2D eigenvalue weighted by molar-refractivity contribution is -0.146. The van der Waals surface area contributed by atoms with E-state index in [1.54, 1.807) is 0 Å².